The molecule has 3 nitrogen and oxygen atoms in total. The summed E-state index contributed by atoms with van der Waals surface area (Å²) in [5.41, 5.74) is 2.77. The number of aryl methyl sites for hydroxylation is 1. The Hall–Kier alpha value is -1.09. The van der Waals surface area contributed by atoms with Gasteiger partial charge in [0.1, 0.15) is 5.15 Å². The van der Waals surface area contributed by atoms with Gasteiger partial charge in [-0.05, 0) is 30.9 Å². The van der Waals surface area contributed by atoms with Crippen molar-refractivity contribution in [1.82, 2.24) is 4.98 Å². The van der Waals surface area contributed by atoms with E-state index >= 15 is 0 Å². The highest BCUT2D eigenvalue weighted by atomic mass is 35.5. The summed E-state index contributed by atoms with van der Waals surface area (Å²) in [5, 5.41) is 12.5. The number of nitrogens with zero attached hydrogens (tertiary/aromatic N) is 2. The minimum absolute atomic E-state index is 0.446. The molecule has 1 aliphatic carbocycles. The number of halogens is 1. The summed E-state index contributed by atoms with van der Waals surface area (Å²) < 4.78 is 0. The van der Waals surface area contributed by atoms with Gasteiger partial charge in [0.25, 0.3) is 0 Å². The van der Waals surface area contributed by atoms with E-state index in [4.69, 9.17) is 16.8 Å². The first-order chi connectivity index (χ1) is 6.31. The predicted molar refractivity (Wildman–Crippen MR) is 50.5 cm³/mol. The summed E-state index contributed by atoms with van der Waals surface area (Å²) in [7, 11) is 0. The Morgan fingerprint density at radius 3 is 3.08 bits per heavy atom. The number of oxime groups is 1. The molecule has 0 aromatic carbocycles. The fourth-order valence-electron chi connectivity index (χ4n) is 1.61. The molecule has 1 aromatic rings. The molecule has 0 fully saturated rings. The summed E-state index contributed by atoms with van der Waals surface area (Å²) in [6.07, 6.45) is 4.56. The van der Waals surface area contributed by atoms with Crippen LogP contribution in [0, 0.1) is 0 Å². The molecule has 2 rings (SSSR count). The number of aromatic nitrogens is 1. The van der Waals surface area contributed by atoms with Crippen molar-refractivity contribution in [3.63, 3.8) is 0 Å². The Bertz CT molecular complexity index is 363. The zero-order valence-electron chi connectivity index (χ0n) is 7.00. The molecule has 1 aromatic heterocycles. The van der Waals surface area contributed by atoms with E-state index < -0.39 is 0 Å². The van der Waals surface area contributed by atoms with Crippen molar-refractivity contribution in [3.05, 3.63) is 28.5 Å². The van der Waals surface area contributed by atoms with Crippen LogP contribution in [-0.4, -0.2) is 15.9 Å². The fourth-order valence-corrected chi connectivity index (χ4v) is 1.77. The zero-order chi connectivity index (χ0) is 9.26. The van der Waals surface area contributed by atoms with Crippen LogP contribution in [0.5, 0.6) is 0 Å². The maximum absolute atomic E-state index is 8.75. The van der Waals surface area contributed by atoms with Crippen LogP contribution in [0.15, 0.2) is 17.4 Å². The molecule has 0 bridgehead atoms. The third-order valence-corrected chi connectivity index (χ3v) is 2.45. The number of hydrogen-bond donors (Lipinski definition) is 1. The maximum atomic E-state index is 8.75. The molecule has 0 saturated carbocycles. The van der Waals surface area contributed by atoms with Gasteiger partial charge in [0, 0.05) is 11.8 Å². The fraction of sp³-hybridized carbons (Fsp3) is 0.333. The highest BCUT2D eigenvalue weighted by Gasteiger charge is 2.16. The molecule has 0 saturated heterocycles. The third kappa shape index (κ3) is 1.52. The van der Waals surface area contributed by atoms with E-state index in [0.717, 1.165) is 30.4 Å². The van der Waals surface area contributed by atoms with Crippen molar-refractivity contribution in [1.29, 1.82) is 0 Å². The van der Waals surface area contributed by atoms with Gasteiger partial charge in [-0.2, -0.15) is 0 Å². The maximum Gasteiger partial charge on any atom is 0.129 e. The van der Waals surface area contributed by atoms with E-state index in [-0.39, 0.29) is 0 Å². The van der Waals surface area contributed by atoms with E-state index in [2.05, 4.69) is 10.1 Å². The van der Waals surface area contributed by atoms with E-state index in [9.17, 15) is 0 Å². The van der Waals surface area contributed by atoms with Crippen LogP contribution in [0.2, 0.25) is 5.15 Å². The highest BCUT2D eigenvalue weighted by Crippen LogP contribution is 2.22. The van der Waals surface area contributed by atoms with E-state index in [0.29, 0.717) is 10.9 Å². The Balaban J connectivity index is 2.54. The lowest BCUT2D eigenvalue weighted by Crippen LogP contribution is -2.12. The molecule has 0 spiro atoms. The highest BCUT2D eigenvalue weighted by molar-refractivity contribution is 6.29. The van der Waals surface area contributed by atoms with E-state index in [1.165, 1.54) is 0 Å². The van der Waals surface area contributed by atoms with Crippen molar-refractivity contribution in [3.8, 4) is 0 Å². The van der Waals surface area contributed by atoms with Crippen molar-refractivity contribution in [2.24, 2.45) is 5.16 Å². The molecule has 1 heterocycles. The molecule has 0 amide bonds. The van der Waals surface area contributed by atoms with Gasteiger partial charge in [0.05, 0.1) is 5.71 Å². The van der Waals surface area contributed by atoms with E-state index in [1.807, 2.05) is 0 Å². The van der Waals surface area contributed by atoms with Crippen molar-refractivity contribution >= 4 is 17.3 Å². The van der Waals surface area contributed by atoms with Crippen molar-refractivity contribution in [2.45, 2.75) is 19.3 Å². The molecule has 0 aliphatic heterocycles. The van der Waals surface area contributed by atoms with Gasteiger partial charge in [-0.3, -0.25) is 0 Å². The molecule has 1 aliphatic rings. The lowest BCUT2D eigenvalue weighted by atomic mass is 9.92. The molecule has 0 unspecified atom stereocenters. The lowest BCUT2D eigenvalue weighted by Gasteiger charge is -2.15. The summed E-state index contributed by atoms with van der Waals surface area (Å²) in [4.78, 5) is 3.99. The van der Waals surface area contributed by atoms with Crippen molar-refractivity contribution in [2.75, 3.05) is 0 Å². The van der Waals surface area contributed by atoms with Crippen LogP contribution in [-0.2, 0) is 6.42 Å². The van der Waals surface area contributed by atoms with Gasteiger partial charge >= 0.3 is 0 Å². The lowest BCUT2D eigenvalue weighted by molar-refractivity contribution is 0.317. The first kappa shape index (κ1) is 8.51. The molecule has 68 valence electrons. The average molecular weight is 197 g/mol. The summed E-state index contributed by atoms with van der Waals surface area (Å²) in [6, 6.07) is 1.76. The van der Waals surface area contributed by atoms with Gasteiger partial charge in [0.15, 0.2) is 0 Å². The normalized spacial score (nSPS) is 18.7. The first-order valence-corrected chi connectivity index (χ1v) is 4.55. The molecule has 1 N–H and O–H groups in total. The Morgan fingerprint density at radius 1 is 1.46 bits per heavy atom. The van der Waals surface area contributed by atoms with Crippen LogP contribution in [0.1, 0.15) is 24.0 Å². The van der Waals surface area contributed by atoms with Crippen LogP contribution >= 0.6 is 11.6 Å². The monoisotopic (exact) mass is 196 g/mol. The molecule has 13 heavy (non-hydrogen) atoms. The number of rotatable bonds is 0. The standard InChI is InChI=1S/C9H9ClN2O/c10-9-4-7-6(5-11-9)2-1-3-8(7)12-13/h4-5,13H,1-3H2. The number of pyridine rings is 1. The summed E-state index contributed by atoms with van der Waals surface area (Å²) in [6.45, 7) is 0. The van der Waals surface area contributed by atoms with Crippen molar-refractivity contribution < 1.29 is 5.21 Å². The summed E-state index contributed by atoms with van der Waals surface area (Å²) >= 11 is 5.75. The molecular weight excluding hydrogens is 188 g/mol. The van der Waals surface area contributed by atoms with E-state index in [1.54, 1.807) is 12.3 Å². The van der Waals surface area contributed by atoms with Crippen LogP contribution in [0.25, 0.3) is 0 Å². The van der Waals surface area contributed by atoms with Crippen LogP contribution < -0.4 is 0 Å². The van der Waals surface area contributed by atoms with Crippen LogP contribution in [0.3, 0.4) is 0 Å². The third-order valence-electron chi connectivity index (χ3n) is 2.24. The van der Waals surface area contributed by atoms with Gasteiger partial charge in [-0.1, -0.05) is 16.8 Å². The first-order valence-electron chi connectivity index (χ1n) is 4.17. The minimum atomic E-state index is 0.446. The molecule has 4 heteroatoms. The quantitative estimate of drug-likeness (QED) is 0.393. The Kier molecular flexibility index (Phi) is 2.19. The predicted octanol–water partition coefficient (Wildman–Crippen LogP) is 2.25. The average Bonchev–Trinajstić information content (AvgIpc) is 2.17. The second kappa shape index (κ2) is 3.34. The molecule has 0 atom stereocenters. The molecule has 0 radical (unpaired) electrons. The smallest absolute Gasteiger partial charge is 0.129 e. The largest absolute Gasteiger partial charge is 0.411 e. The Labute approximate surface area is 81.1 Å². The second-order valence-electron chi connectivity index (χ2n) is 3.06. The SMILES string of the molecule is ON=C1CCCc2cnc(Cl)cc21. The van der Waals surface area contributed by atoms with Gasteiger partial charge in [-0.15, -0.1) is 0 Å². The van der Waals surface area contributed by atoms with Gasteiger partial charge in [-0.25, -0.2) is 4.98 Å². The molecular formula is C9H9ClN2O. The zero-order valence-corrected chi connectivity index (χ0v) is 7.75. The van der Waals surface area contributed by atoms with Gasteiger partial charge in [0.2, 0.25) is 0 Å². The Morgan fingerprint density at radius 2 is 2.31 bits per heavy atom. The topological polar surface area (TPSA) is 45.5 Å². The van der Waals surface area contributed by atoms with Crippen LogP contribution in [0.4, 0.5) is 0 Å². The second-order valence-corrected chi connectivity index (χ2v) is 3.45. The minimum Gasteiger partial charge on any atom is -0.411 e. The van der Waals surface area contributed by atoms with Gasteiger partial charge < -0.3 is 5.21 Å². The number of hydrogen-bond acceptors (Lipinski definition) is 3. The summed E-state index contributed by atoms with van der Waals surface area (Å²) in [5.74, 6) is 0. The number of fused-ring (bicyclic) bond motifs is 1.